The fourth-order valence-electron chi connectivity index (χ4n) is 3.53. The Labute approximate surface area is 175 Å². The van der Waals surface area contributed by atoms with E-state index in [-0.39, 0.29) is 5.91 Å². The van der Waals surface area contributed by atoms with E-state index < -0.39 is 6.04 Å². The molecule has 3 aromatic carbocycles. The van der Waals surface area contributed by atoms with E-state index in [0.29, 0.717) is 16.4 Å². The van der Waals surface area contributed by atoms with E-state index in [0.717, 1.165) is 12.1 Å². The summed E-state index contributed by atoms with van der Waals surface area (Å²) < 4.78 is 0. The van der Waals surface area contributed by atoms with Crippen LogP contribution in [-0.4, -0.2) is 17.1 Å². The lowest BCUT2D eigenvalue weighted by molar-refractivity contribution is -0.117. The lowest BCUT2D eigenvalue weighted by Crippen LogP contribution is -2.33. The largest absolute Gasteiger partial charge is 0.306 e. The van der Waals surface area contributed by atoms with Gasteiger partial charge in [-0.3, -0.25) is 9.69 Å². The van der Waals surface area contributed by atoms with E-state index in [1.165, 1.54) is 11.1 Å². The van der Waals surface area contributed by atoms with E-state index in [2.05, 4.69) is 30.3 Å². The maximum Gasteiger partial charge on any atom is 0.256 e. The second-order valence-corrected chi connectivity index (χ2v) is 7.35. The molecule has 1 heterocycles. The molecule has 3 aromatic rings. The van der Waals surface area contributed by atoms with Crippen LogP contribution in [0.5, 0.6) is 0 Å². The summed E-state index contributed by atoms with van der Waals surface area (Å²) in [5, 5.41) is 9.43. The minimum atomic E-state index is -0.391. The molecule has 1 aliphatic rings. The minimum Gasteiger partial charge on any atom is -0.306 e. The van der Waals surface area contributed by atoms with Gasteiger partial charge < -0.3 is 4.90 Å². The Bertz CT molecular complexity index is 1090. The highest BCUT2D eigenvalue weighted by Gasteiger charge is 2.41. The third kappa shape index (κ3) is 3.63. The summed E-state index contributed by atoms with van der Waals surface area (Å²) in [6.07, 6.45) is 0.859. The predicted molar refractivity (Wildman–Crippen MR) is 119 cm³/mol. The molecule has 1 unspecified atom stereocenters. The number of nitriles is 1. The number of amides is 1. The zero-order valence-corrected chi connectivity index (χ0v) is 16.8. The van der Waals surface area contributed by atoms with Crippen LogP contribution in [0.15, 0.2) is 78.9 Å². The highest BCUT2D eigenvalue weighted by Crippen LogP contribution is 2.30. The standard InChI is InChI=1S/C24H19N3OS/c1-17-23(28)27(22-13-9-20(16-25)10-14-22)24(29)26(17)21-11-7-19(8-12-21)15-18-5-3-2-4-6-18/h2-14,17H,15H2,1H3. The Morgan fingerprint density at radius 3 is 2.10 bits per heavy atom. The molecule has 5 heteroatoms. The topological polar surface area (TPSA) is 47.3 Å². The van der Waals surface area contributed by atoms with Crippen molar-refractivity contribution in [1.82, 2.24) is 0 Å². The molecule has 1 aliphatic heterocycles. The van der Waals surface area contributed by atoms with Gasteiger partial charge in [0, 0.05) is 5.69 Å². The lowest BCUT2D eigenvalue weighted by Gasteiger charge is -2.22. The Kier molecular flexibility index (Phi) is 5.11. The van der Waals surface area contributed by atoms with Crippen LogP contribution in [-0.2, 0) is 11.2 Å². The first-order chi connectivity index (χ1) is 14.1. The number of carbonyl (C=O) groups excluding carboxylic acids is 1. The molecule has 4 rings (SSSR count). The maximum absolute atomic E-state index is 12.9. The first-order valence-corrected chi connectivity index (χ1v) is 9.79. The highest BCUT2D eigenvalue weighted by atomic mass is 32.1. The molecule has 1 saturated heterocycles. The van der Waals surface area contributed by atoms with Crippen LogP contribution in [0.1, 0.15) is 23.6 Å². The summed E-state index contributed by atoms with van der Waals surface area (Å²) >= 11 is 5.65. The molecule has 0 aromatic heterocycles. The van der Waals surface area contributed by atoms with E-state index in [4.69, 9.17) is 17.5 Å². The van der Waals surface area contributed by atoms with Crippen molar-refractivity contribution >= 4 is 34.6 Å². The molecule has 0 saturated carbocycles. The van der Waals surface area contributed by atoms with Crippen LogP contribution in [0.2, 0.25) is 0 Å². The predicted octanol–water partition coefficient (Wildman–Crippen LogP) is 4.68. The summed E-state index contributed by atoms with van der Waals surface area (Å²) in [5.41, 5.74) is 4.57. The Hall–Kier alpha value is -3.49. The van der Waals surface area contributed by atoms with Crippen LogP contribution >= 0.6 is 12.2 Å². The van der Waals surface area contributed by atoms with Gasteiger partial charge in [0.1, 0.15) is 6.04 Å². The van der Waals surface area contributed by atoms with Crippen LogP contribution in [0.25, 0.3) is 0 Å². The zero-order valence-electron chi connectivity index (χ0n) is 15.9. The van der Waals surface area contributed by atoms with E-state index in [9.17, 15) is 4.79 Å². The molecule has 0 spiro atoms. The molecule has 0 radical (unpaired) electrons. The average molecular weight is 398 g/mol. The summed E-state index contributed by atoms with van der Waals surface area (Å²) in [6.45, 7) is 1.86. The third-order valence-electron chi connectivity index (χ3n) is 5.08. The second-order valence-electron chi connectivity index (χ2n) is 6.99. The molecule has 0 bridgehead atoms. The van der Waals surface area contributed by atoms with Crippen molar-refractivity contribution in [1.29, 1.82) is 5.26 Å². The Balaban J connectivity index is 1.57. The van der Waals surface area contributed by atoms with Gasteiger partial charge in [-0.05, 0) is 73.1 Å². The van der Waals surface area contributed by atoms with Crippen molar-refractivity contribution in [2.24, 2.45) is 0 Å². The summed E-state index contributed by atoms with van der Waals surface area (Å²) in [4.78, 5) is 16.3. The van der Waals surface area contributed by atoms with Gasteiger partial charge in [0.2, 0.25) is 0 Å². The molecule has 1 fully saturated rings. The summed E-state index contributed by atoms with van der Waals surface area (Å²) in [7, 11) is 0. The number of rotatable bonds is 4. The molecule has 0 aliphatic carbocycles. The molecule has 142 valence electrons. The molecular formula is C24H19N3OS. The number of nitrogens with zero attached hydrogens (tertiary/aromatic N) is 3. The van der Waals surface area contributed by atoms with Crippen molar-refractivity contribution in [2.45, 2.75) is 19.4 Å². The molecule has 0 N–H and O–H groups in total. The van der Waals surface area contributed by atoms with Crippen molar-refractivity contribution in [2.75, 3.05) is 9.80 Å². The monoisotopic (exact) mass is 397 g/mol. The number of benzene rings is 3. The van der Waals surface area contributed by atoms with Crippen LogP contribution < -0.4 is 9.80 Å². The van der Waals surface area contributed by atoms with Gasteiger partial charge in [-0.25, -0.2) is 0 Å². The molecule has 29 heavy (non-hydrogen) atoms. The second kappa shape index (κ2) is 7.86. The van der Waals surface area contributed by atoms with Gasteiger partial charge in [0.25, 0.3) is 5.91 Å². The fourth-order valence-corrected chi connectivity index (χ4v) is 3.99. The quantitative estimate of drug-likeness (QED) is 0.600. The summed E-state index contributed by atoms with van der Waals surface area (Å²) in [6, 6.07) is 27.1. The van der Waals surface area contributed by atoms with Gasteiger partial charge in [0.15, 0.2) is 5.11 Å². The normalized spacial score (nSPS) is 16.2. The Morgan fingerprint density at radius 2 is 1.48 bits per heavy atom. The van der Waals surface area contributed by atoms with Crippen LogP contribution in [0, 0.1) is 11.3 Å². The van der Waals surface area contributed by atoms with Crippen LogP contribution in [0.4, 0.5) is 11.4 Å². The summed E-state index contributed by atoms with van der Waals surface area (Å²) in [5.74, 6) is -0.0759. The number of anilines is 2. The van der Waals surface area contributed by atoms with Crippen molar-refractivity contribution < 1.29 is 4.79 Å². The van der Waals surface area contributed by atoms with Gasteiger partial charge >= 0.3 is 0 Å². The van der Waals surface area contributed by atoms with Gasteiger partial charge in [-0.15, -0.1) is 0 Å². The zero-order chi connectivity index (χ0) is 20.4. The molecule has 1 atom stereocenters. The van der Waals surface area contributed by atoms with Crippen molar-refractivity contribution in [3.63, 3.8) is 0 Å². The molecule has 4 nitrogen and oxygen atoms in total. The van der Waals surface area contributed by atoms with Crippen LogP contribution in [0.3, 0.4) is 0 Å². The minimum absolute atomic E-state index is 0.0759. The highest BCUT2D eigenvalue weighted by molar-refractivity contribution is 7.81. The maximum atomic E-state index is 12.9. The smallest absolute Gasteiger partial charge is 0.256 e. The van der Waals surface area contributed by atoms with Gasteiger partial charge in [0.05, 0.1) is 17.3 Å². The van der Waals surface area contributed by atoms with E-state index in [1.807, 2.05) is 42.2 Å². The first-order valence-electron chi connectivity index (χ1n) is 9.38. The Morgan fingerprint density at radius 1 is 0.897 bits per heavy atom. The molecular weight excluding hydrogens is 378 g/mol. The van der Waals surface area contributed by atoms with Gasteiger partial charge in [-0.2, -0.15) is 5.26 Å². The number of thiocarbonyl (C=S) groups is 1. The first kappa shape index (κ1) is 18.9. The van der Waals surface area contributed by atoms with Crippen molar-refractivity contribution in [3.05, 3.63) is 95.6 Å². The lowest BCUT2D eigenvalue weighted by atomic mass is 10.0. The van der Waals surface area contributed by atoms with E-state index >= 15 is 0 Å². The number of hydrogen-bond acceptors (Lipinski definition) is 3. The third-order valence-corrected chi connectivity index (χ3v) is 5.46. The SMILES string of the molecule is CC1C(=O)N(c2ccc(C#N)cc2)C(=S)N1c1ccc(Cc2ccccc2)cc1. The van der Waals surface area contributed by atoms with Gasteiger partial charge in [-0.1, -0.05) is 42.5 Å². The number of carbonyl (C=O) groups is 1. The number of hydrogen-bond donors (Lipinski definition) is 0. The van der Waals surface area contributed by atoms with Crippen molar-refractivity contribution in [3.8, 4) is 6.07 Å². The van der Waals surface area contributed by atoms with E-state index in [1.54, 1.807) is 29.2 Å². The molecule has 1 amide bonds. The fraction of sp³-hybridized carbons (Fsp3) is 0.125. The average Bonchev–Trinajstić information content (AvgIpc) is 2.98.